The standard InChI is InChI=1S/C15H11ClFN3O/c16-13-5-2-6-14(17)12(13)8-18-11-4-1-3-10(7-11)15-20-19-9-21-15/h1-7,9,18H,8H2. The Morgan fingerprint density at radius 1 is 1.19 bits per heavy atom. The molecule has 0 atom stereocenters. The van der Waals surface area contributed by atoms with E-state index in [0.29, 0.717) is 23.0 Å². The van der Waals surface area contributed by atoms with Crippen LogP contribution in [0, 0.1) is 5.82 Å². The summed E-state index contributed by atoms with van der Waals surface area (Å²) in [6.45, 7) is 0.290. The highest BCUT2D eigenvalue weighted by Crippen LogP contribution is 2.23. The Morgan fingerprint density at radius 2 is 2.05 bits per heavy atom. The van der Waals surface area contributed by atoms with Gasteiger partial charge in [-0.3, -0.25) is 0 Å². The van der Waals surface area contributed by atoms with Crippen LogP contribution >= 0.6 is 11.6 Å². The van der Waals surface area contributed by atoms with E-state index in [9.17, 15) is 4.39 Å². The van der Waals surface area contributed by atoms with Gasteiger partial charge in [0.2, 0.25) is 12.3 Å². The summed E-state index contributed by atoms with van der Waals surface area (Å²) >= 11 is 5.99. The highest BCUT2D eigenvalue weighted by Gasteiger charge is 2.08. The molecule has 0 aliphatic heterocycles. The Kier molecular flexibility index (Phi) is 3.83. The zero-order valence-corrected chi connectivity index (χ0v) is 11.6. The third-order valence-electron chi connectivity index (χ3n) is 3.00. The van der Waals surface area contributed by atoms with Gasteiger partial charge in [0, 0.05) is 28.4 Å². The summed E-state index contributed by atoms with van der Waals surface area (Å²) in [5.74, 6) is 0.102. The van der Waals surface area contributed by atoms with Gasteiger partial charge in [-0.25, -0.2) is 4.39 Å². The minimum Gasteiger partial charge on any atom is -0.423 e. The number of benzene rings is 2. The van der Waals surface area contributed by atoms with E-state index in [1.807, 2.05) is 24.3 Å². The smallest absolute Gasteiger partial charge is 0.247 e. The van der Waals surface area contributed by atoms with Crippen LogP contribution in [0.1, 0.15) is 5.56 Å². The van der Waals surface area contributed by atoms with Crippen molar-refractivity contribution in [1.29, 1.82) is 0 Å². The van der Waals surface area contributed by atoms with E-state index in [-0.39, 0.29) is 5.82 Å². The molecule has 0 saturated carbocycles. The molecular weight excluding hydrogens is 293 g/mol. The number of nitrogens with one attached hydrogen (secondary N) is 1. The SMILES string of the molecule is Fc1cccc(Cl)c1CNc1cccc(-c2nnco2)c1. The molecule has 0 fully saturated rings. The Morgan fingerprint density at radius 3 is 2.81 bits per heavy atom. The molecule has 0 aliphatic rings. The van der Waals surface area contributed by atoms with Gasteiger partial charge in [0.25, 0.3) is 0 Å². The Balaban J connectivity index is 1.78. The van der Waals surface area contributed by atoms with Crippen LogP contribution in [-0.4, -0.2) is 10.2 Å². The minimum absolute atomic E-state index is 0.290. The van der Waals surface area contributed by atoms with Crippen molar-refractivity contribution in [3.05, 3.63) is 65.3 Å². The van der Waals surface area contributed by atoms with Crippen LogP contribution in [0.4, 0.5) is 10.1 Å². The minimum atomic E-state index is -0.331. The number of nitrogens with zero attached hydrogens (tertiary/aromatic N) is 2. The first-order valence-corrected chi connectivity index (χ1v) is 6.65. The molecule has 21 heavy (non-hydrogen) atoms. The van der Waals surface area contributed by atoms with Crippen LogP contribution < -0.4 is 5.32 Å². The Labute approximate surface area is 125 Å². The van der Waals surface area contributed by atoms with E-state index < -0.39 is 0 Å². The molecule has 3 rings (SSSR count). The lowest BCUT2D eigenvalue weighted by molar-refractivity contribution is 0.568. The maximum absolute atomic E-state index is 13.7. The zero-order valence-electron chi connectivity index (χ0n) is 10.9. The molecule has 0 unspecified atom stereocenters. The van der Waals surface area contributed by atoms with Crippen molar-refractivity contribution >= 4 is 17.3 Å². The van der Waals surface area contributed by atoms with Crippen LogP contribution in [-0.2, 0) is 6.54 Å². The fourth-order valence-electron chi connectivity index (χ4n) is 1.95. The molecule has 0 bridgehead atoms. The van der Waals surface area contributed by atoms with Crippen molar-refractivity contribution in [3.8, 4) is 11.5 Å². The number of halogens is 2. The molecule has 0 spiro atoms. The fourth-order valence-corrected chi connectivity index (χ4v) is 2.18. The molecule has 6 heteroatoms. The summed E-state index contributed by atoms with van der Waals surface area (Å²) in [7, 11) is 0. The van der Waals surface area contributed by atoms with Crippen molar-refractivity contribution < 1.29 is 8.81 Å². The van der Waals surface area contributed by atoms with Gasteiger partial charge in [-0.1, -0.05) is 23.7 Å². The first-order valence-electron chi connectivity index (χ1n) is 6.27. The lowest BCUT2D eigenvalue weighted by atomic mass is 10.1. The van der Waals surface area contributed by atoms with E-state index >= 15 is 0 Å². The van der Waals surface area contributed by atoms with E-state index in [2.05, 4.69) is 15.5 Å². The Bertz CT molecular complexity index is 726. The molecule has 1 heterocycles. The summed E-state index contributed by atoms with van der Waals surface area (Å²) in [5, 5.41) is 11.0. The lowest BCUT2D eigenvalue weighted by Gasteiger charge is -2.09. The van der Waals surface area contributed by atoms with Crippen LogP contribution in [0.5, 0.6) is 0 Å². The molecule has 0 amide bonds. The van der Waals surface area contributed by atoms with Crippen LogP contribution in [0.3, 0.4) is 0 Å². The summed E-state index contributed by atoms with van der Waals surface area (Å²) in [4.78, 5) is 0. The Hall–Kier alpha value is -2.40. The van der Waals surface area contributed by atoms with Gasteiger partial charge in [-0.05, 0) is 30.3 Å². The number of hydrogen-bond acceptors (Lipinski definition) is 4. The first kappa shape index (κ1) is 13.6. The molecule has 3 aromatic rings. The second kappa shape index (κ2) is 5.93. The van der Waals surface area contributed by atoms with Gasteiger partial charge >= 0.3 is 0 Å². The summed E-state index contributed by atoms with van der Waals surface area (Å²) in [6, 6.07) is 12.1. The second-order valence-corrected chi connectivity index (χ2v) is 4.79. The lowest BCUT2D eigenvalue weighted by Crippen LogP contribution is -2.02. The highest BCUT2D eigenvalue weighted by molar-refractivity contribution is 6.31. The predicted octanol–water partition coefficient (Wildman–Crippen LogP) is 4.14. The maximum atomic E-state index is 13.7. The number of anilines is 1. The number of hydrogen-bond donors (Lipinski definition) is 1. The third-order valence-corrected chi connectivity index (χ3v) is 3.35. The molecule has 106 valence electrons. The van der Waals surface area contributed by atoms with Crippen molar-refractivity contribution in [2.24, 2.45) is 0 Å². The number of rotatable bonds is 4. The third kappa shape index (κ3) is 3.03. The monoisotopic (exact) mass is 303 g/mol. The van der Waals surface area contributed by atoms with Gasteiger partial charge in [0.15, 0.2) is 0 Å². The second-order valence-electron chi connectivity index (χ2n) is 4.38. The van der Waals surface area contributed by atoms with E-state index in [1.54, 1.807) is 12.1 Å². The van der Waals surface area contributed by atoms with Crippen LogP contribution in [0.2, 0.25) is 5.02 Å². The summed E-state index contributed by atoms with van der Waals surface area (Å²) in [5.41, 5.74) is 2.03. The van der Waals surface area contributed by atoms with Gasteiger partial charge in [-0.2, -0.15) is 0 Å². The van der Waals surface area contributed by atoms with Crippen LogP contribution in [0.15, 0.2) is 53.3 Å². The average Bonchev–Trinajstić information content (AvgIpc) is 3.01. The van der Waals surface area contributed by atoms with Gasteiger partial charge in [-0.15, -0.1) is 10.2 Å². The topological polar surface area (TPSA) is 51.0 Å². The van der Waals surface area contributed by atoms with Crippen molar-refractivity contribution in [3.63, 3.8) is 0 Å². The average molecular weight is 304 g/mol. The quantitative estimate of drug-likeness (QED) is 0.787. The normalized spacial score (nSPS) is 10.6. The predicted molar refractivity (Wildman–Crippen MR) is 78.5 cm³/mol. The van der Waals surface area contributed by atoms with E-state index in [0.717, 1.165) is 11.3 Å². The van der Waals surface area contributed by atoms with Gasteiger partial charge in [0.05, 0.1) is 0 Å². The van der Waals surface area contributed by atoms with Gasteiger partial charge < -0.3 is 9.73 Å². The number of aromatic nitrogens is 2. The summed E-state index contributed by atoms with van der Waals surface area (Å²) < 4.78 is 18.8. The van der Waals surface area contributed by atoms with Gasteiger partial charge in [0.1, 0.15) is 5.82 Å². The highest BCUT2D eigenvalue weighted by atomic mass is 35.5. The molecule has 0 radical (unpaired) electrons. The molecule has 4 nitrogen and oxygen atoms in total. The van der Waals surface area contributed by atoms with Crippen LogP contribution in [0.25, 0.3) is 11.5 Å². The maximum Gasteiger partial charge on any atom is 0.247 e. The van der Waals surface area contributed by atoms with Crippen molar-refractivity contribution in [1.82, 2.24) is 10.2 Å². The van der Waals surface area contributed by atoms with Crippen molar-refractivity contribution in [2.75, 3.05) is 5.32 Å². The largest absolute Gasteiger partial charge is 0.423 e. The van der Waals surface area contributed by atoms with E-state index in [1.165, 1.54) is 12.5 Å². The first-order chi connectivity index (χ1) is 10.2. The molecule has 1 aromatic heterocycles. The molecule has 1 N–H and O–H groups in total. The van der Waals surface area contributed by atoms with E-state index in [4.69, 9.17) is 16.0 Å². The summed E-state index contributed by atoms with van der Waals surface area (Å²) in [6.07, 6.45) is 1.27. The fraction of sp³-hybridized carbons (Fsp3) is 0.0667. The molecule has 0 aliphatic carbocycles. The molecule has 2 aromatic carbocycles. The van der Waals surface area contributed by atoms with Crippen molar-refractivity contribution in [2.45, 2.75) is 6.54 Å². The molecule has 0 saturated heterocycles. The zero-order chi connectivity index (χ0) is 14.7. The molecular formula is C15H11ClFN3O.